The van der Waals surface area contributed by atoms with Crippen LogP contribution in [0.25, 0.3) is 0 Å². The maximum Gasteiger partial charge on any atom is 0.329 e. The highest BCUT2D eigenvalue weighted by atomic mass is 16.5. The maximum atomic E-state index is 9.84. The van der Waals surface area contributed by atoms with Gasteiger partial charge in [0.25, 0.3) is 0 Å². The second-order valence-electron chi connectivity index (χ2n) is 1.48. The Morgan fingerprint density at radius 3 is 3.00 bits per heavy atom. The Labute approximate surface area is 59.3 Å². The van der Waals surface area contributed by atoms with Gasteiger partial charge in [-0.3, -0.25) is 0 Å². The van der Waals surface area contributed by atoms with Crippen molar-refractivity contribution >= 4 is 5.97 Å². The van der Waals surface area contributed by atoms with Gasteiger partial charge in [0.2, 0.25) is 0 Å². The predicted octanol–water partition coefficient (Wildman–Crippen LogP) is 0.277. The summed E-state index contributed by atoms with van der Waals surface area (Å²) in [5, 5.41) is 8.08. The van der Waals surface area contributed by atoms with Crippen molar-refractivity contribution in [2.24, 2.45) is 0 Å². The zero-order valence-corrected chi connectivity index (χ0v) is 5.41. The van der Waals surface area contributed by atoms with Crippen LogP contribution in [0, 0.1) is 12.3 Å². The lowest BCUT2D eigenvalue weighted by Gasteiger charge is -1.92. The largest absolute Gasteiger partial charge is 0.480 e. The Morgan fingerprint density at radius 2 is 2.50 bits per heavy atom. The van der Waals surface area contributed by atoms with E-state index in [9.17, 15) is 4.79 Å². The molecule has 0 aromatic heterocycles. The number of carboxylic acid groups (broad SMARTS) is 1. The van der Waals surface area contributed by atoms with Gasteiger partial charge in [-0.05, 0) is 6.08 Å². The van der Waals surface area contributed by atoms with E-state index in [2.05, 4.69) is 10.7 Å². The van der Waals surface area contributed by atoms with Gasteiger partial charge in [0.1, 0.15) is 6.61 Å². The van der Waals surface area contributed by atoms with Crippen molar-refractivity contribution in [1.29, 1.82) is 0 Å². The van der Waals surface area contributed by atoms with Crippen molar-refractivity contribution in [2.75, 3.05) is 13.2 Å². The molecular formula is C7H8O3. The van der Waals surface area contributed by atoms with Gasteiger partial charge in [0, 0.05) is 0 Å². The fraction of sp³-hybridized carbons (Fsp3) is 0.286. The van der Waals surface area contributed by atoms with E-state index in [1.165, 1.54) is 6.08 Å². The van der Waals surface area contributed by atoms with Crippen molar-refractivity contribution in [3.05, 3.63) is 12.2 Å². The molecule has 0 aromatic carbocycles. The fourth-order valence-corrected chi connectivity index (χ4v) is 0.330. The number of ether oxygens (including phenoxy) is 1. The Balaban J connectivity index is 3.15. The first-order chi connectivity index (χ1) is 4.77. The van der Waals surface area contributed by atoms with Gasteiger partial charge in [0.05, 0.1) is 6.61 Å². The van der Waals surface area contributed by atoms with E-state index in [1.807, 2.05) is 0 Å². The summed E-state index contributed by atoms with van der Waals surface area (Å²) in [6.07, 6.45) is 7.89. The molecule has 3 heteroatoms. The average molecular weight is 140 g/mol. The molecule has 0 aliphatic heterocycles. The molecule has 0 radical (unpaired) electrons. The summed E-state index contributed by atoms with van der Waals surface area (Å²) in [5.74, 6) is 1.27. The quantitative estimate of drug-likeness (QED) is 0.450. The molecule has 0 rings (SSSR count). The van der Waals surface area contributed by atoms with Crippen LogP contribution in [0.15, 0.2) is 12.2 Å². The summed E-state index contributed by atoms with van der Waals surface area (Å²) in [7, 11) is 0. The van der Waals surface area contributed by atoms with Crippen LogP contribution in [-0.4, -0.2) is 24.3 Å². The zero-order chi connectivity index (χ0) is 7.82. The van der Waals surface area contributed by atoms with Crippen molar-refractivity contribution < 1.29 is 14.6 Å². The normalized spacial score (nSPS) is 9.50. The van der Waals surface area contributed by atoms with Crippen LogP contribution in [0.5, 0.6) is 0 Å². The van der Waals surface area contributed by atoms with Crippen molar-refractivity contribution in [1.82, 2.24) is 0 Å². The number of carbonyl (C=O) groups is 1. The van der Waals surface area contributed by atoms with E-state index in [4.69, 9.17) is 11.5 Å². The van der Waals surface area contributed by atoms with Crippen LogP contribution in [0.4, 0.5) is 0 Å². The minimum Gasteiger partial charge on any atom is -0.480 e. The molecule has 0 fully saturated rings. The van der Waals surface area contributed by atoms with Crippen LogP contribution in [0.2, 0.25) is 0 Å². The third-order valence-electron chi connectivity index (χ3n) is 0.654. The number of terminal acetylenes is 1. The third kappa shape index (κ3) is 6.73. The number of rotatable bonds is 4. The van der Waals surface area contributed by atoms with Crippen molar-refractivity contribution in [3.8, 4) is 12.3 Å². The second kappa shape index (κ2) is 5.86. The molecule has 1 N–H and O–H groups in total. The van der Waals surface area contributed by atoms with Crippen LogP contribution in [0.3, 0.4) is 0 Å². The first-order valence-electron chi connectivity index (χ1n) is 2.68. The predicted molar refractivity (Wildman–Crippen MR) is 36.4 cm³/mol. The molecule has 0 heterocycles. The lowest BCUT2D eigenvalue weighted by atomic mass is 10.5. The van der Waals surface area contributed by atoms with Crippen molar-refractivity contribution in [3.63, 3.8) is 0 Å². The zero-order valence-electron chi connectivity index (χ0n) is 5.41. The smallest absolute Gasteiger partial charge is 0.329 e. The van der Waals surface area contributed by atoms with Crippen LogP contribution in [0.1, 0.15) is 0 Å². The van der Waals surface area contributed by atoms with Crippen LogP contribution in [-0.2, 0) is 9.53 Å². The molecule has 3 nitrogen and oxygen atoms in total. The summed E-state index contributed by atoms with van der Waals surface area (Å²) < 4.78 is 4.62. The number of aliphatic carboxylic acids is 1. The summed E-state index contributed by atoms with van der Waals surface area (Å²) in [6, 6.07) is 0. The van der Waals surface area contributed by atoms with E-state index >= 15 is 0 Å². The highest BCUT2D eigenvalue weighted by Crippen LogP contribution is 1.76. The molecule has 0 aromatic rings. The molecule has 10 heavy (non-hydrogen) atoms. The molecule has 0 bridgehead atoms. The summed E-state index contributed by atoms with van der Waals surface area (Å²) in [5.41, 5.74) is 0. The number of hydrogen-bond donors (Lipinski definition) is 1. The molecule has 54 valence electrons. The van der Waals surface area contributed by atoms with Gasteiger partial charge in [-0.2, -0.15) is 0 Å². The fourth-order valence-electron chi connectivity index (χ4n) is 0.330. The second-order valence-corrected chi connectivity index (χ2v) is 1.48. The SMILES string of the molecule is C#C/C=C/COCC(=O)O. The molecular weight excluding hydrogens is 132 g/mol. The highest BCUT2D eigenvalue weighted by molar-refractivity contribution is 5.67. The first-order valence-corrected chi connectivity index (χ1v) is 2.68. The van der Waals surface area contributed by atoms with E-state index in [0.29, 0.717) is 0 Å². The van der Waals surface area contributed by atoms with Gasteiger partial charge >= 0.3 is 5.97 Å². The Morgan fingerprint density at radius 1 is 1.80 bits per heavy atom. The standard InChI is InChI=1S/C7H8O3/c1-2-3-4-5-10-6-7(8)9/h1,3-4H,5-6H2,(H,8,9)/b4-3+. The molecule has 0 atom stereocenters. The van der Waals surface area contributed by atoms with Crippen molar-refractivity contribution in [2.45, 2.75) is 0 Å². The Bertz CT molecular complexity index is 164. The summed E-state index contributed by atoms with van der Waals surface area (Å²) >= 11 is 0. The Hall–Kier alpha value is -1.27. The molecule has 0 aliphatic rings. The number of allylic oxidation sites excluding steroid dienone is 1. The first kappa shape index (κ1) is 8.73. The number of carboxylic acids is 1. The summed E-state index contributed by atoms with van der Waals surface area (Å²) in [4.78, 5) is 9.84. The summed E-state index contributed by atoms with van der Waals surface area (Å²) in [6.45, 7) is -0.0363. The lowest BCUT2D eigenvalue weighted by Crippen LogP contribution is -2.06. The molecule has 0 aliphatic carbocycles. The molecule has 0 saturated heterocycles. The van der Waals surface area contributed by atoms with Gasteiger partial charge in [-0.25, -0.2) is 4.79 Å². The monoisotopic (exact) mass is 140 g/mol. The molecule has 0 unspecified atom stereocenters. The lowest BCUT2D eigenvalue weighted by molar-refractivity contribution is -0.141. The highest BCUT2D eigenvalue weighted by Gasteiger charge is 1.91. The molecule has 0 amide bonds. The average Bonchev–Trinajstić information content (AvgIpc) is 1.87. The molecule has 0 saturated carbocycles. The van der Waals surface area contributed by atoms with E-state index in [1.54, 1.807) is 6.08 Å². The van der Waals surface area contributed by atoms with E-state index in [0.717, 1.165) is 0 Å². The Kier molecular flexibility index (Phi) is 5.12. The topological polar surface area (TPSA) is 46.5 Å². The molecule has 0 spiro atoms. The maximum absolute atomic E-state index is 9.84. The van der Waals surface area contributed by atoms with Gasteiger partial charge in [0.15, 0.2) is 0 Å². The number of hydrogen-bond acceptors (Lipinski definition) is 2. The van der Waals surface area contributed by atoms with E-state index in [-0.39, 0.29) is 13.2 Å². The minimum absolute atomic E-state index is 0.247. The van der Waals surface area contributed by atoms with E-state index < -0.39 is 5.97 Å². The third-order valence-corrected chi connectivity index (χ3v) is 0.654. The van der Waals surface area contributed by atoms with Gasteiger partial charge in [-0.15, -0.1) is 6.42 Å². The van der Waals surface area contributed by atoms with Gasteiger partial charge in [-0.1, -0.05) is 12.0 Å². The van der Waals surface area contributed by atoms with Crippen LogP contribution >= 0.6 is 0 Å². The van der Waals surface area contributed by atoms with Gasteiger partial charge < -0.3 is 9.84 Å². The van der Waals surface area contributed by atoms with Crippen LogP contribution < -0.4 is 0 Å². The minimum atomic E-state index is -0.978.